The van der Waals surface area contributed by atoms with Gasteiger partial charge in [-0.3, -0.25) is 0 Å². The van der Waals surface area contributed by atoms with Gasteiger partial charge in [0.25, 0.3) is 0 Å². The monoisotopic (exact) mass is 234 g/mol. The number of aryl methyl sites for hydroxylation is 1. The number of fused-ring (bicyclic) bond motifs is 1. The molecule has 0 aliphatic heterocycles. The molecule has 0 spiro atoms. The van der Waals surface area contributed by atoms with Crippen molar-refractivity contribution in [1.29, 1.82) is 0 Å². The van der Waals surface area contributed by atoms with Gasteiger partial charge in [-0.2, -0.15) is 0 Å². The average Bonchev–Trinajstić information content (AvgIpc) is 2.41. The van der Waals surface area contributed by atoms with Crippen LogP contribution in [-0.4, -0.2) is 4.98 Å². The van der Waals surface area contributed by atoms with E-state index >= 15 is 0 Å². The lowest BCUT2D eigenvalue weighted by molar-refractivity contribution is 1.34. The summed E-state index contributed by atoms with van der Waals surface area (Å²) in [4.78, 5) is 4.16. The van der Waals surface area contributed by atoms with E-state index in [9.17, 15) is 0 Å². The zero-order chi connectivity index (χ0) is 12.5. The van der Waals surface area contributed by atoms with Gasteiger partial charge in [0.05, 0.1) is 0 Å². The Morgan fingerprint density at radius 1 is 0.889 bits per heavy atom. The van der Waals surface area contributed by atoms with Crippen molar-refractivity contribution in [3.63, 3.8) is 0 Å². The fourth-order valence-electron chi connectivity index (χ4n) is 2.27. The number of pyridine rings is 1. The molecule has 0 saturated heterocycles. The van der Waals surface area contributed by atoms with Crippen LogP contribution in [0.3, 0.4) is 0 Å². The average molecular weight is 234 g/mol. The Kier molecular flexibility index (Phi) is 2.49. The van der Waals surface area contributed by atoms with Crippen molar-refractivity contribution >= 4 is 16.6 Å². The van der Waals surface area contributed by atoms with E-state index in [1.807, 2.05) is 18.3 Å². The summed E-state index contributed by atoms with van der Waals surface area (Å²) in [6, 6.07) is 16.6. The van der Waals surface area contributed by atoms with E-state index in [4.69, 9.17) is 5.73 Å². The Morgan fingerprint density at radius 2 is 1.67 bits per heavy atom. The molecule has 0 atom stereocenters. The number of benzene rings is 2. The summed E-state index contributed by atoms with van der Waals surface area (Å²) in [5.74, 6) is 0.551. The molecule has 3 rings (SSSR count). The first-order valence-corrected chi connectivity index (χ1v) is 5.96. The van der Waals surface area contributed by atoms with Crippen LogP contribution < -0.4 is 5.73 Å². The molecule has 0 aliphatic carbocycles. The van der Waals surface area contributed by atoms with Crippen LogP contribution in [-0.2, 0) is 0 Å². The lowest BCUT2D eigenvalue weighted by Crippen LogP contribution is -1.90. The summed E-state index contributed by atoms with van der Waals surface area (Å²) in [5.41, 5.74) is 9.22. The molecule has 0 aliphatic rings. The van der Waals surface area contributed by atoms with Gasteiger partial charge in [-0.25, -0.2) is 4.98 Å². The standard InChI is InChI=1S/C16H14N2/c1-11-6-8-14(12-7-9-16(17)18-10-12)15-5-3-2-4-13(11)15/h2-10H,1H3,(H2,17,18). The molecule has 0 saturated carbocycles. The van der Waals surface area contributed by atoms with Gasteiger partial charge in [-0.1, -0.05) is 36.4 Å². The quantitative estimate of drug-likeness (QED) is 0.695. The highest BCUT2D eigenvalue weighted by Crippen LogP contribution is 2.30. The maximum atomic E-state index is 5.63. The normalized spacial score (nSPS) is 10.7. The Morgan fingerprint density at radius 3 is 2.39 bits per heavy atom. The van der Waals surface area contributed by atoms with Crippen molar-refractivity contribution in [2.45, 2.75) is 6.92 Å². The van der Waals surface area contributed by atoms with E-state index in [0.29, 0.717) is 5.82 Å². The third-order valence-electron chi connectivity index (χ3n) is 3.24. The highest BCUT2D eigenvalue weighted by Gasteiger charge is 2.05. The van der Waals surface area contributed by atoms with Gasteiger partial charge in [0.1, 0.15) is 5.82 Å². The second kappa shape index (κ2) is 4.15. The first-order valence-electron chi connectivity index (χ1n) is 5.96. The minimum atomic E-state index is 0.551. The Bertz CT molecular complexity index is 700. The molecule has 2 nitrogen and oxygen atoms in total. The predicted molar refractivity (Wildman–Crippen MR) is 76.3 cm³/mol. The summed E-state index contributed by atoms with van der Waals surface area (Å²) in [6.45, 7) is 2.13. The van der Waals surface area contributed by atoms with E-state index in [0.717, 1.165) is 5.56 Å². The third kappa shape index (κ3) is 1.72. The van der Waals surface area contributed by atoms with Crippen LogP contribution in [0.2, 0.25) is 0 Å². The molecule has 0 bridgehead atoms. The molecule has 3 aromatic rings. The largest absolute Gasteiger partial charge is 0.384 e. The molecular formula is C16H14N2. The first-order chi connectivity index (χ1) is 8.75. The molecule has 1 heterocycles. The topological polar surface area (TPSA) is 38.9 Å². The second-order valence-electron chi connectivity index (χ2n) is 4.45. The van der Waals surface area contributed by atoms with Gasteiger partial charge in [0.2, 0.25) is 0 Å². The maximum Gasteiger partial charge on any atom is 0.123 e. The highest BCUT2D eigenvalue weighted by atomic mass is 14.8. The molecule has 2 N–H and O–H groups in total. The van der Waals surface area contributed by atoms with Crippen LogP contribution in [0.5, 0.6) is 0 Å². The fraction of sp³-hybridized carbons (Fsp3) is 0.0625. The van der Waals surface area contributed by atoms with Crippen LogP contribution in [0, 0.1) is 6.92 Å². The number of aromatic nitrogens is 1. The Hall–Kier alpha value is -2.35. The maximum absolute atomic E-state index is 5.63. The number of nitrogens with zero attached hydrogens (tertiary/aromatic N) is 1. The van der Waals surface area contributed by atoms with E-state index in [2.05, 4.69) is 48.3 Å². The minimum Gasteiger partial charge on any atom is -0.384 e. The van der Waals surface area contributed by atoms with Crippen molar-refractivity contribution in [3.05, 3.63) is 60.3 Å². The van der Waals surface area contributed by atoms with Crippen LogP contribution >= 0.6 is 0 Å². The molecule has 88 valence electrons. The molecule has 18 heavy (non-hydrogen) atoms. The van der Waals surface area contributed by atoms with Crippen LogP contribution in [0.4, 0.5) is 5.82 Å². The smallest absolute Gasteiger partial charge is 0.123 e. The van der Waals surface area contributed by atoms with E-state index in [-0.39, 0.29) is 0 Å². The summed E-state index contributed by atoms with van der Waals surface area (Å²) < 4.78 is 0. The second-order valence-corrected chi connectivity index (χ2v) is 4.45. The van der Waals surface area contributed by atoms with Crippen LogP contribution in [0.15, 0.2) is 54.7 Å². The number of rotatable bonds is 1. The van der Waals surface area contributed by atoms with Crippen molar-refractivity contribution < 1.29 is 0 Å². The number of hydrogen-bond donors (Lipinski definition) is 1. The van der Waals surface area contributed by atoms with Gasteiger partial charge in [-0.05, 0) is 41.0 Å². The molecule has 2 aromatic carbocycles. The lowest BCUT2D eigenvalue weighted by atomic mass is 9.96. The first kappa shape index (κ1) is 10.8. The van der Waals surface area contributed by atoms with E-state index in [1.54, 1.807) is 0 Å². The van der Waals surface area contributed by atoms with Gasteiger partial charge in [0, 0.05) is 11.8 Å². The van der Waals surface area contributed by atoms with E-state index in [1.165, 1.54) is 21.9 Å². The van der Waals surface area contributed by atoms with Gasteiger partial charge >= 0.3 is 0 Å². The molecule has 0 fully saturated rings. The molecule has 0 unspecified atom stereocenters. The zero-order valence-electron chi connectivity index (χ0n) is 10.2. The summed E-state index contributed by atoms with van der Waals surface area (Å²) in [5, 5.41) is 2.54. The molecule has 2 heteroatoms. The van der Waals surface area contributed by atoms with Gasteiger partial charge in [0.15, 0.2) is 0 Å². The molecule has 0 amide bonds. The SMILES string of the molecule is Cc1ccc(-c2ccc(N)nc2)c2ccccc12. The summed E-state index contributed by atoms with van der Waals surface area (Å²) in [6.07, 6.45) is 1.83. The van der Waals surface area contributed by atoms with Crippen LogP contribution in [0.1, 0.15) is 5.56 Å². The molecular weight excluding hydrogens is 220 g/mol. The van der Waals surface area contributed by atoms with Crippen molar-refractivity contribution in [1.82, 2.24) is 4.98 Å². The Labute approximate surface area is 106 Å². The van der Waals surface area contributed by atoms with Crippen LogP contribution in [0.25, 0.3) is 21.9 Å². The summed E-state index contributed by atoms with van der Waals surface area (Å²) >= 11 is 0. The van der Waals surface area contributed by atoms with Crippen molar-refractivity contribution in [3.8, 4) is 11.1 Å². The number of nitrogens with two attached hydrogens (primary N) is 1. The van der Waals surface area contributed by atoms with E-state index < -0.39 is 0 Å². The van der Waals surface area contributed by atoms with Gasteiger partial charge in [-0.15, -0.1) is 0 Å². The fourth-order valence-corrected chi connectivity index (χ4v) is 2.27. The predicted octanol–water partition coefficient (Wildman–Crippen LogP) is 3.79. The molecule has 1 aromatic heterocycles. The number of anilines is 1. The highest BCUT2D eigenvalue weighted by molar-refractivity contribution is 5.98. The number of nitrogen functional groups attached to an aromatic ring is 1. The van der Waals surface area contributed by atoms with Gasteiger partial charge < -0.3 is 5.73 Å². The zero-order valence-corrected chi connectivity index (χ0v) is 10.2. The number of hydrogen-bond acceptors (Lipinski definition) is 2. The van der Waals surface area contributed by atoms with Crippen molar-refractivity contribution in [2.75, 3.05) is 5.73 Å². The molecule has 0 radical (unpaired) electrons. The lowest BCUT2D eigenvalue weighted by Gasteiger charge is -2.09. The summed E-state index contributed by atoms with van der Waals surface area (Å²) in [7, 11) is 0. The van der Waals surface area contributed by atoms with Crippen molar-refractivity contribution in [2.24, 2.45) is 0 Å². The minimum absolute atomic E-state index is 0.551. The third-order valence-corrected chi connectivity index (χ3v) is 3.24. The Balaban J connectivity index is 2.30.